The highest BCUT2D eigenvalue weighted by atomic mass is 28.3. The Labute approximate surface area is 96.4 Å². The average Bonchev–Trinajstić information content (AvgIpc) is 2.13. The van der Waals surface area contributed by atoms with Gasteiger partial charge in [-0.2, -0.15) is 0 Å². The first kappa shape index (κ1) is 12.7. The molecule has 0 aliphatic carbocycles. The number of nitrogens with zero attached hydrogens (tertiary/aromatic N) is 1. The van der Waals surface area contributed by atoms with Gasteiger partial charge in [0.05, 0.1) is 19.2 Å². The molecule has 0 bridgehead atoms. The number of nitro benzene ring substituents is 1. The smallest absolute Gasteiger partial charge is 0.310 e. The van der Waals surface area contributed by atoms with E-state index in [9.17, 15) is 10.1 Å². The minimum Gasteiger partial charge on any atom is -0.491 e. The average molecular weight is 239 g/mol. The molecule has 0 saturated carbocycles. The summed E-state index contributed by atoms with van der Waals surface area (Å²) in [6.45, 7) is 8.38. The zero-order chi connectivity index (χ0) is 12.3. The molecular formula is C11H17NO3Si. The molecule has 0 spiro atoms. The van der Waals surface area contributed by atoms with Gasteiger partial charge in [0, 0.05) is 6.07 Å². The number of ether oxygens (including phenoxy) is 1. The van der Waals surface area contributed by atoms with Crippen molar-refractivity contribution in [2.45, 2.75) is 26.6 Å². The molecule has 5 heteroatoms. The maximum absolute atomic E-state index is 10.8. The van der Waals surface area contributed by atoms with Gasteiger partial charge in [0.25, 0.3) is 0 Å². The van der Waals surface area contributed by atoms with E-state index in [1.54, 1.807) is 12.1 Å². The van der Waals surface area contributed by atoms with Crippen LogP contribution in [0.2, 0.25) is 19.6 Å². The fourth-order valence-electron chi connectivity index (χ4n) is 1.18. The molecule has 0 fully saturated rings. The van der Waals surface area contributed by atoms with Gasteiger partial charge in [0.15, 0.2) is 5.75 Å². The molecular weight excluding hydrogens is 222 g/mol. The van der Waals surface area contributed by atoms with Gasteiger partial charge >= 0.3 is 5.69 Å². The lowest BCUT2D eigenvalue weighted by atomic mass is 10.2. The van der Waals surface area contributed by atoms with Gasteiger partial charge in [-0.1, -0.05) is 25.7 Å². The van der Waals surface area contributed by atoms with Crippen LogP contribution in [0.4, 0.5) is 5.69 Å². The molecule has 0 aliphatic rings. The van der Waals surface area contributed by atoms with E-state index >= 15 is 0 Å². The summed E-state index contributed by atoms with van der Waals surface area (Å²) in [5, 5.41) is 10.8. The van der Waals surface area contributed by atoms with E-state index in [1.165, 1.54) is 6.07 Å². The molecule has 88 valence electrons. The number of nitro groups is 1. The summed E-state index contributed by atoms with van der Waals surface area (Å²) in [5.41, 5.74) is 1.01. The second-order valence-electron chi connectivity index (χ2n) is 5.08. The summed E-state index contributed by atoms with van der Waals surface area (Å²) in [7, 11) is -1.36. The Morgan fingerprint density at radius 2 is 2.00 bits per heavy atom. The number of hydrogen-bond acceptors (Lipinski definition) is 3. The van der Waals surface area contributed by atoms with Crippen LogP contribution in [-0.2, 0) is 0 Å². The highest BCUT2D eigenvalue weighted by Crippen LogP contribution is 2.28. The molecule has 0 atom stereocenters. The van der Waals surface area contributed by atoms with Crippen LogP contribution in [-0.4, -0.2) is 19.2 Å². The third-order valence-corrected chi connectivity index (χ3v) is 2.98. The molecule has 1 aromatic carbocycles. The zero-order valence-electron chi connectivity index (χ0n) is 10.1. The molecule has 0 radical (unpaired) electrons. The van der Waals surface area contributed by atoms with Gasteiger partial charge in [0.1, 0.15) is 0 Å². The Kier molecular flexibility index (Phi) is 3.69. The predicted octanol–water partition coefficient (Wildman–Crippen LogP) is 3.16. The van der Waals surface area contributed by atoms with Crippen molar-refractivity contribution in [3.63, 3.8) is 0 Å². The van der Waals surface area contributed by atoms with E-state index in [0.717, 1.165) is 5.56 Å². The third-order valence-electron chi connectivity index (χ3n) is 1.97. The molecule has 0 aliphatic heterocycles. The minimum atomic E-state index is -1.36. The first-order valence-electron chi connectivity index (χ1n) is 5.17. The third kappa shape index (κ3) is 3.66. The number of hydrogen-bond donors (Lipinski definition) is 0. The molecule has 4 nitrogen and oxygen atoms in total. The van der Waals surface area contributed by atoms with Crippen molar-refractivity contribution in [3.8, 4) is 5.75 Å². The van der Waals surface area contributed by atoms with E-state index in [0.29, 0.717) is 12.0 Å². The Balaban J connectivity index is 2.93. The molecule has 0 N–H and O–H groups in total. The van der Waals surface area contributed by atoms with Crippen LogP contribution in [0.25, 0.3) is 0 Å². The van der Waals surface area contributed by atoms with Gasteiger partial charge in [-0.3, -0.25) is 10.1 Å². The van der Waals surface area contributed by atoms with Crippen molar-refractivity contribution >= 4 is 13.8 Å². The molecule has 0 saturated heterocycles. The van der Waals surface area contributed by atoms with Gasteiger partial charge in [-0.25, -0.2) is 0 Å². The fourth-order valence-corrected chi connectivity index (χ4v) is 1.77. The van der Waals surface area contributed by atoms with Crippen molar-refractivity contribution in [1.29, 1.82) is 0 Å². The van der Waals surface area contributed by atoms with Gasteiger partial charge in [-0.05, 0) is 18.6 Å². The maximum atomic E-state index is 10.8. The predicted molar refractivity (Wildman–Crippen MR) is 66.7 cm³/mol. The fraction of sp³-hybridized carbons (Fsp3) is 0.455. The highest BCUT2D eigenvalue weighted by Gasteiger charge is 2.19. The van der Waals surface area contributed by atoms with E-state index in [4.69, 9.17) is 4.74 Å². The summed E-state index contributed by atoms with van der Waals surface area (Å²) >= 11 is 0. The monoisotopic (exact) mass is 239 g/mol. The molecule has 1 rings (SSSR count). The lowest BCUT2D eigenvalue weighted by molar-refractivity contribution is -0.385. The van der Waals surface area contributed by atoms with Crippen molar-refractivity contribution < 1.29 is 9.66 Å². The van der Waals surface area contributed by atoms with Crippen LogP contribution in [0.15, 0.2) is 18.2 Å². The molecule has 0 aromatic heterocycles. The van der Waals surface area contributed by atoms with E-state index in [1.807, 2.05) is 6.92 Å². The lowest BCUT2D eigenvalue weighted by Crippen LogP contribution is -2.30. The Hall–Kier alpha value is -1.36. The quantitative estimate of drug-likeness (QED) is 0.460. The van der Waals surface area contributed by atoms with Crippen LogP contribution in [0, 0.1) is 17.0 Å². The summed E-state index contributed by atoms with van der Waals surface area (Å²) in [6, 6.07) is 4.94. The molecule has 1 aromatic rings. The second-order valence-corrected chi connectivity index (χ2v) is 10.5. The largest absolute Gasteiger partial charge is 0.491 e. The van der Waals surface area contributed by atoms with Crippen LogP contribution < -0.4 is 4.74 Å². The highest BCUT2D eigenvalue weighted by molar-refractivity contribution is 6.76. The van der Waals surface area contributed by atoms with Crippen molar-refractivity contribution in [2.24, 2.45) is 0 Å². The number of benzene rings is 1. The number of aryl methyl sites for hydroxylation is 1. The van der Waals surface area contributed by atoms with Crippen molar-refractivity contribution in [1.82, 2.24) is 0 Å². The summed E-state index contributed by atoms with van der Waals surface area (Å²) in [6.07, 6.45) is 0.595. The minimum absolute atomic E-state index is 0.0452. The first-order valence-corrected chi connectivity index (χ1v) is 8.88. The molecule has 0 heterocycles. The van der Waals surface area contributed by atoms with Crippen LogP contribution in [0.5, 0.6) is 5.75 Å². The first-order chi connectivity index (χ1) is 7.29. The topological polar surface area (TPSA) is 52.4 Å². The maximum Gasteiger partial charge on any atom is 0.310 e. The van der Waals surface area contributed by atoms with Gasteiger partial charge in [0.2, 0.25) is 0 Å². The Morgan fingerprint density at radius 1 is 1.38 bits per heavy atom. The van der Waals surface area contributed by atoms with E-state index in [-0.39, 0.29) is 5.69 Å². The standard InChI is InChI=1S/C11H17NO3Si/c1-9-5-6-10(12(13)14)11(7-9)15-8-16(2,3)4/h5-7H,8H2,1-4H3. The molecule has 0 amide bonds. The Morgan fingerprint density at radius 3 is 2.50 bits per heavy atom. The summed E-state index contributed by atoms with van der Waals surface area (Å²) in [4.78, 5) is 10.4. The summed E-state index contributed by atoms with van der Waals surface area (Å²) in [5.74, 6) is 0.382. The summed E-state index contributed by atoms with van der Waals surface area (Å²) < 4.78 is 5.56. The van der Waals surface area contributed by atoms with Crippen molar-refractivity contribution in [2.75, 3.05) is 6.23 Å². The normalized spacial score (nSPS) is 11.2. The van der Waals surface area contributed by atoms with Gasteiger partial charge < -0.3 is 4.74 Å². The van der Waals surface area contributed by atoms with Crippen LogP contribution in [0.3, 0.4) is 0 Å². The van der Waals surface area contributed by atoms with Gasteiger partial charge in [-0.15, -0.1) is 0 Å². The Bertz CT molecular complexity index is 399. The second kappa shape index (κ2) is 4.65. The van der Waals surface area contributed by atoms with Crippen molar-refractivity contribution in [3.05, 3.63) is 33.9 Å². The van der Waals surface area contributed by atoms with Crippen LogP contribution in [0.1, 0.15) is 5.56 Å². The van der Waals surface area contributed by atoms with E-state index in [2.05, 4.69) is 19.6 Å². The molecule has 16 heavy (non-hydrogen) atoms. The van der Waals surface area contributed by atoms with Crippen LogP contribution >= 0.6 is 0 Å². The van der Waals surface area contributed by atoms with E-state index < -0.39 is 13.0 Å². The lowest BCUT2D eigenvalue weighted by Gasteiger charge is -2.16. The number of rotatable bonds is 4. The molecule has 0 unspecified atom stereocenters. The zero-order valence-corrected chi connectivity index (χ0v) is 11.1. The SMILES string of the molecule is Cc1ccc([N+](=O)[O-])c(OC[Si](C)(C)C)c1.